The zero-order valence-electron chi connectivity index (χ0n) is 17.1. The van der Waals surface area contributed by atoms with E-state index in [1.165, 1.54) is 4.90 Å². The number of halogens is 2. The Hall–Kier alpha value is -2.58. The molecule has 3 rings (SSSR count). The number of amides is 2. The Labute approximate surface area is 193 Å². The molecule has 1 aliphatic heterocycles. The molecule has 2 amide bonds. The van der Waals surface area contributed by atoms with Gasteiger partial charge >= 0.3 is 5.97 Å². The summed E-state index contributed by atoms with van der Waals surface area (Å²) in [6.45, 7) is 3.86. The van der Waals surface area contributed by atoms with Crippen molar-refractivity contribution in [1.29, 1.82) is 0 Å². The lowest BCUT2D eigenvalue weighted by Crippen LogP contribution is -2.28. The first kappa shape index (κ1) is 23.1. The molecule has 0 unspecified atom stereocenters. The molecule has 0 radical (unpaired) electrons. The highest BCUT2D eigenvalue weighted by Gasteiger charge is 2.37. The highest BCUT2D eigenvalue weighted by molar-refractivity contribution is 9.10. The molecule has 164 valence electrons. The number of esters is 1. The number of carbonyl (C=O) groups excluding carboxylic acids is 3. The van der Waals surface area contributed by atoms with Gasteiger partial charge in [-0.1, -0.05) is 23.7 Å². The maximum atomic E-state index is 12.5. The van der Waals surface area contributed by atoms with Crippen LogP contribution >= 0.6 is 27.5 Å². The molecular formula is C22H22BrClN2O5. The van der Waals surface area contributed by atoms with E-state index in [0.29, 0.717) is 28.8 Å². The normalized spacial score (nSPS) is 15.7. The van der Waals surface area contributed by atoms with Crippen LogP contribution in [0.2, 0.25) is 5.02 Å². The van der Waals surface area contributed by atoms with Gasteiger partial charge in [0.1, 0.15) is 5.75 Å². The topological polar surface area (TPSA) is 84.9 Å². The lowest BCUT2D eigenvalue weighted by atomic mass is 10.1. The van der Waals surface area contributed by atoms with Crippen LogP contribution in [0.15, 0.2) is 40.9 Å². The highest BCUT2D eigenvalue weighted by Crippen LogP contribution is 2.33. The van der Waals surface area contributed by atoms with Gasteiger partial charge in [0.15, 0.2) is 6.61 Å². The third-order valence-corrected chi connectivity index (χ3v) is 6.00. The number of rotatable bonds is 7. The fourth-order valence-corrected chi connectivity index (χ4v) is 3.90. The van der Waals surface area contributed by atoms with Gasteiger partial charge in [-0.05, 0) is 59.6 Å². The van der Waals surface area contributed by atoms with E-state index in [1.807, 2.05) is 19.9 Å². The molecule has 0 aromatic heterocycles. The molecule has 7 nitrogen and oxygen atoms in total. The Morgan fingerprint density at radius 3 is 2.77 bits per heavy atom. The number of nitrogens with zero attached hydrogens (tertiary/aromatic N) is 1. The minimum absolute atomic E-state index is 0.0162. The molecule has 31 heavy (non-hydrogen) atoms. The van der Waals surface area contributed by atoms with E-state index in [2.05, 4.69) is 21.2 Å². The smallest absolute Gasteiger partial charge is 0.311 e. The van der Waals surface area contributed by atoms with Gasteiger partial charge in [0.25, 0.3) is 5.91 Å². The molecule has 1 saturated heterocycles. The van der Waals surface area contributed by atoms with E-state index < -0.39 is 24.4 Å². The monoisotopic (exact) mass is 508 g/mol. The van der Waals surface area contributed by atoms with Crippen molar-refractivity contribution in [3.8, 4) is 5.75 Å². The van der Waals surface area contributed by atoms with Crippen LogP contribution in [0, 0.1) is 12.8 Å². The number of benzene rings is 2. The first-order valence-corrected chi connectivity index (χ1v) is 10.9. The van der Waals surface area contributed by atoms with Gasteiger partial charge in [-0.2, -0.15) is 0 Å². The second kappa shape index (κ2) is 10.2. The number of nitrogens with one attached hydrogen (secondary N) is 1. The van der Waals surface area contributed by atoms with Crippen LogP contribution in [-0.2, 0) is 19.1 Å². The third kappa shape index (κ3) is 5.57. The van der Waals surface area contributed by atoms with Crippen molar-refractivity contribution in [3.63, 3.8) is 0 Å². The van der Waals surface area contributed by atoms with Gasteiger partial charge in [-0.3, -0.25) is 14.4 Å². The maximum Gasteiger partial charge on any atom is 0.311 e. The van der Waals surface area contributed by atoms with Crippen molar-refractivity contribution >= 4 is 56.7 Å². The Bertz CT molecular complexity index is 1010. The molecule has 1 heterocycles. The van der Waals surface area contributed by atoms with Crippen LogP contribution in [0.1, 0.15) is 18.9 Å². The quantitative estimate of drug-likeness (QED) is 0.561. The number of para-hydroxylation sites is 2. The summed E-state index contributed by atoms with van der Waals surface area (Å²) >= 11 is 9.38. The molecule has 1 N–H and O–H groups in total. The van der Waals surface area contributed by atoms with Gasteiger partial charge < -0.3 is 19.7 Å². The molecule has 0 spiro atoms. The third-order valence-electron chi connectivity index (χ3n) is 4.80. The summed E-state index contributed by atoms with van der Waals surface area (Å²) in [5.74, 6) is -1.35. The molecule has 1 aliphatic rings. The lowest BCUT2D eigenvalue weighted by molar-refractivity contribution is -0.151. The number of aryl methyl sites for hydroxylation is 1. The van der Waals surface area contributed by atoms with Crippen molar-refractivity contribution < 1.29 is 23.9 Å². The second-order valence-electron chi connectivity index (χ2n) is 7.04. The van der Waals surface area contributed by atoms with Crippen LogP contribution in [0.3, 0.4) is 0 Å². The Balaban J connectivity index is 1.58. The Morgan fingerprint density at radius 2 is 2.03 bits per heavy atom. The second-order valence-corrected chi connectivity index (χ2v) is 8.30. The fourth-order valence-electron chi connectivity index (χ4n) is 3.28. The number of hydrogen-bond donors (Lipinski definition) is 1. The first-order chi connectivity index (χ1) is 14.8. The summed E-state index contributed by atoms with van der Waals surface area (Å²) in [4.78, 5) is 38.7. The van der Waals surface area contributed by atoms with Crippen LogP contribution in [-0.4, -0.2) is 37.5 Å². The number of anilines is 2. The summed E-state index contributed by atoms with van der Waals surface area (Å²) in [6.07, 6.45) is 0.0162. The average molecular weight is 510 g/mol. The van der Waals surface area contributed by atoms with Gasteiger partial charge in [0.05, 0.1) is 23.2 Å². The first-order valence-electron chi connectivity index (χ1n) is 9.74. The van der Waals surface area contributed by atoms with Crippen molar-refractivity contribution in [2.24, 2.45) is 5.92 Å². The molecule has 2 aromatic carbocycles. The summed E-state index contributed by atoms with van der Waals surface area (Å²) in [6, 6.07) is 10.6. The van der Waals surface area contributed by atoms with Crippen molar-refractivity contribution in [1.82, 2.24) is 0 Å². The van der Waals surface area contributed by atoms with Gasteiger partial charge in [-0.15, -0.1) is 0 Å². The van der Waals surface area contributed by atoms with E-state index >= 15 is 0 Å². The molecule has 9 heteroatoms. The predicted molar refractivity (Wildman–Crippen MR) is 122 cm³/mol. The molecule has 0 aliphatic carbocycles. The predicted octanol–water partition coefficient (Wildman–Crippen LogP) is 4.34. The minimum atomic E-state index is -0.654. The average Bonchev–Trinajstić information content (AvgIpc) is 3.12. The number of hydrogen-bond acceptors (Lipinski definition) is 5. The fraction of sp³-hybridized carbons (Fsp3) is 0.318. The lowest BCUT2D eigenvalue weighted by Gasteiger charge is -2.20. The van der Waals surface area contributed by atoms with E-state index in [4.69, 9.17) is 21.1 Å². The molecule has 1 atom stereocenters. The summed E-state index contributed by atoms with van der Waals surface area (Å²) in [5.41, 5.74) is 1.95. The number of ether oxygens (including phenoxy) is 2. The highest BCUT2D eigenvalue weighted by atomic mass is 79.9. The van der Waals surface area contributed by atoms with Crippen LogP contribution in [0.25, 0.3) is 0 Å². The van der Waals surface area contributed by atoms with E-state index in [1.54, 1.807) is 30.3 Å². The minimum Gasteiger partial charge on any atom is -0.492 e. The van der Waals surface area contributed by atoms with Crippen molar-refractivity contribution in [2.75, 3.05) is 30.0 Å². The van der Waals surface area contributed by atoms with Gasteiger partial charge in [0, 0.05) is 23.1 Å². The molecule has 1 fully saturated rings. The van der Waals surface area contributed by atoms with E-state index in [0.717, 1.165) is 10.0 Å². The molecular weight excluding hydrogens is 488 g/mol. The van der Waals surface area contributed by atoms with Crippen LogP contribution < -0.4 is 15.0 Å². The Morgan fingerprint density at radius 1 is 1.29 bits per heavy atom. The Kier molecular flexibility index (Phi) is 7.56. The van der Waals surface area contributed by atoms with Crippen molar-refractivity contribution in [2.45, 2.75) is 20.3 Å². The zero-order chi connectivity index (χ0) is 22.5. The maximum absolute atomic E-state index is 12.5. The standard InChI is InChI=1S/C22H22BrClN2O5/c1-3-30-19-7-5-4-6-18(19)26-11-14(9-21(26)28)22(29)31-12-20(27)25-17-10-16(24)15(23)8-13(17)2/h4-8,10,14H,3,9,11-12H2,1-2H3,(H,25,27)/t14-/m1/s1. The largest absolute Gasteiger partial charge is 0.492 e. The molecule has 0 saturated carbocycles. The summed E-state index contributed by atoms with van der Waals surface area (Å²) < 4.78 is 11.5. The summed E-state index contributed by atoms with van der Waals surface area (Å²) in [5, 5.41) is 3.13. The van der Waals surface area contributed by atoms with Crippen LogP contribution in [0.4, 0.5) is 11.4 Å². The van der Waals surface area contributed by atoms with Crippen molar-refractivity contribution in [3.05, 3.63) is 51.5 Å². The molecule has 0 bridgehead atoms. The zero-order valence-corrected chi connectivity index (χ0v) is 19.5. The van der Waals surface area contributed by atoms with Crippen LogP contribution in [0.5, 0.6) is 5.75 Å². The SMILES string of the molecule is CCOc1ccccc1N1C[C@H](C(=O)OCC(=O)Nc2cc(Cl)c(Br)cc2C)CC1=O. The molecule has 2 aromatic rings. The van der Waals surface area contributed by atoms with Gasteiger partial charge in [-0.25, -0.2) is 0 Å². The number of carbonyl (C=O) groups is 3. The van der Waals surface area contributed by atoms with E-state index in [-0.39, 0.29) is 18.9 Å². The summed E-state index contributed by atoms with van der Waals surface area (Å²) in [7, 11) is 0. The van der Waals surface area contributed by atoms with Gasteiger partial charge in [0.2, 0.25) is 5.91 Å². The van der Waals surface area contributed by atoms with E-state index in [9.17, 15) is 14.4 Å².